The molecule has 12 rings (SSSR count). The molecule has 6 aliphatic rings. The number of fused-ring (bicyclic) bond motifs is 1. The minimum absolute atomic E-state index is 0.152. The number of nitrogens with zero attached hydrogens (tertiary/aromatic N) is 6. The van der Waals surface area contributed by atoms with E-state index in [0.717, 1.165) is 64.4 Å². The number of piperidine rings is 1. The molecule has 2 saturated heterocycles. The number of imide groups is 3. The highest BCUT2D eigenvalue weighted by Gasteiger charge is 2.51. The predicted molar refractivity (Wildman–Crippen MR) is 262 cm³/mol. The fraction of sp³-hybridized carbons (Fsp3) is 0.309. The number of amides is 6. The van der Waals surface area contributed by atoms with Crippen LogP contribution in [-0.4, -0.2) is 102 Å². The third-order valence-electron chi connectivity index (χ3n) is 15.3. The number of rotatable bonds is 5. The van der Waals surface area contributed by atoms with Gasteiger partial charge in [0, 0.05) is 116 Å². The summed E-state index contributed by atoms with van der Waals surface area (Å²) in [4.78, 5) is 95.2. The Bertz CT molecular complexity index is 3300. The van der Waals surface area contributed by atoms with E-state index >= 15 is 0 Å². The summed E-state index contributed by atoms with van der Waals surface area (Å²) in [6, 6.07) is 24.2. The second-order valence-electron chi connectivity index (χ2n) is 20.5. The van der Waals surface area contributed by atoms with E-state index in [0.29, 0.717) is 46.5 Å². The number of hydrogen-bond donors (Lipinski definition) is 0. The van der Waals surface area contributed by atoms with Crippen molar-refractivity contribution in [3.8, 4) is 11.5 Å². The summed E-state index contributed by atoms with van der Waals surface area (Å²) in [6.45, 7) is 14.7. The molecule has 6 heterocycles. The van der Waals surface area contributed by atoms with Crippen molar-refractivity contribution in [1.82, 2.24) is 9.96 Å². The molecule has 0 saturated carbocycles. The molecule has 6 aromatic rings. The largest absolute Gasteiger partial charge is 0.486 e. The zero-order valence-corrected chi connectivity index (χ0v) is 39.7. The molecule has 0 N–H and O–H groups in total. The maximum atomic E-state index is 14.6. The highest BCUT2D eigenvalue weighted by atomic mass is 16.6. The van der Waals surface area contributed by atoms with Crippen LogP contribution in [0.2, 0.25) is 0 Å². The van der Waals surface area contributed by atoms with E-state index in [9.17, 15) is 34.0 Å². The first kappa shape index (κ1) is 43.6. The summed E-state index contributed by atoms with van der Waals surface area (Å²) in [6.07, 6.45) is 0.564. The van der Waals surface area contributed by atoms with Gasteiger partial charge in [0.2, 0.25) is 0 Å². The predicted octanol–water partition coefficient (Wildman–Crippen LogP) is 8.27. The lowest BCUT2D eigenvalue weighted by atomic mass is 9.77. The number of ether oxygens (including phenoxy) is 2. The van der Waals surface area contributed by atoms with Gasteiger partial charge in [-0.2, -0.15) is 0 Å². The Kier molecular flexibility index (Phi) is 9.47. The summed E-state index contributed by atoms with van der Waals surface area (Å²) in [5.74, 6) is -1.83. The Morgan fingerprint density at radius 1 is 0.486 bits per heavy atom. The fourth-order valence-electron chi connectivity index (χ4n) is 12.1. The van der Waals surface area contributed by atoms with Crippen molar-refractivity contribution in [2.24, 2.45) is 0 Å². The first-order valence-electron chi connectivity index (χ1n) is 23.7. The molecule has 0 spiro atoms. The van der Waals surface area contributed by atoms with Crippen LogP contribution in [0.1, 0.15) is 114 Å². The molecule has 353 valence electrons. The van der Waals surface area contributed by atoms with E-state index < -0.39 is 52.6 Å². The van der Waals surface area contributed by atoms with E-state index in [-0.39, 0.29) is 51.6 Å². The van der Waals surface area contributed by atoms with Crippen LogP contribution >= 0.6 is 0 Å². The number of carbonyl (C=O) groups is 6. The summed E-state index contributed by atoms with van der Waals surface area (Å²) in [7, 11) is 0. The number of aryl methyl sites for hydroxylation is 2. The van der Waals surface area contributed by atoms with Crippen LogP contribution < -0.4 is 29.1 Å². The molecule has 70 heavy (non-hydrogen) atoms. The van der Waals surface area contributed by atoms with E-state index in [1.807, 2.05) is 30.3 Å². The van der Waals surface area contributed by atoms with E-state index in [2.05, 4.69) is 15.9 Å². The smallest absolute Gasteiger partial charge is 0.265 e. The average Bonchev–Trinajstić information content (AvgIpc) is 3.34. The van der Waals surface area contributed by atoms with Crippen molar-refractivity contribution in [2.75, 3.05) is 59.0 Å². The normalized spacial score (nSPS) is 19.8. The van der Waals surface area contributed by atoms with Crippen molar-refractivity contribution in [3.05, 3.63) is 129 Å². The van der Waals surface area contributed by atoms with Gasteiger partial charge in [0.15, 0.2) is 11.5 Å². The molecule has 0 bridgehead atoms. The van der Waals surface area contributed by atoms with Gasteiger partial charge >= 0.3 is 0 Å². The lowest BCUT2D eigenvalue weighted by molar-refractivity contribution is -0.292. The Balaban J connectivity index is 0.824. The van der Waals surface area contributed by atoms with Crippen LogP contribution in [-0.2, 0) is 5.21 Å². The highest BCUT2D eigenvalue weighted by Crippen LogP contribution is 2.46. The first-order chi connectivity index (χ1) is 33.4. The van der Waals surface area contributed by atoms with Crippen LogP contribution in [0.4, 0.5) is 22.7 Å². The van der Waals surface area contributed by atoms with Gasteiger partial charge in [-0.25, -0.2) is 9.80 Å². The lowest BCUT2D eigenvalue weighted by Crippen LogP contribution is -2.64. The Hall–Kier alpha value is -7.62. The summed E-state index contributed by atoms with van der Waals surface area (Å²) in [5.41, 5.74) is 3.35. The zero-order chi connectivity index (χ0) is 48.9. The third-order valence-corrected chi connectivity index (χ3v) is 15.3. The number of piperazine rings is 1. The van der Waals surface area contributed by atoms with Gasteiger partial charge in [0.05, 0.1) is 11.4 Å². The van der Waals surface area contributed by atoms with E-state index in [1.165, 1.54) is 34.1 Å². The number of hydrogen-bond acceptors (Lipinski definition) is 11. The van der Waals surface area contributed by atoms with Gasteiger partial charge in [0.25, 0.3) is 35.4 Å². The Labute approximate surface area is 403 Å². The van der Waals surface area contributed by atoms with Crippen molar-refractivity contribution in [2.45, 2.75) is 71.5 Å². The molecule has 0 aliphatic carbocycles. The van der Waals surface area contributed by atoms with Gasteiger partial charge in [-0.05, 0) is 132 Å². The molecule has 6 aliphatic heterocycles. The van der Waals surface area contributed by atoms with Gasteiger partial charge in [0.1, 0.15) is 13.2 Å². The second-order valence-corrected chi connectivity index (χ2v) is 20.5. The topological polar surface area (TPSA) is 160 Å². The van der Waals surface area contributed by atoms with Crippen LogP contribution in [0, 0.1) is 13.8 Å². The third kappa shape index (κ3) is 6.20. The SMILES string of the molecule is Cc1cc(N2C(=O)c3ccc4c5c(ccc(c35)C2=O)C(=O)N(C2CC(C)(C)N([O])C(C)(C)C2)C4=O)c(C)cc1N1C(=O)c2cccc3c(N4CCN(c5ccc6c(c5)OCCO6)CC4)ccc(c23)C1=O. The van der Waals surface area contributed by atoms with Crippen LogP contribution in [0.25, 0.3) is 21.5 Å². The van der Waals surface area contributed by atoms with Gasteiger partial charge < -0.3 is 19.3 Å². The number of carbonyl (C=O) groups excluding carboxylic acids is 6. The monoisotopic (exact) mass is 937 g/mol. The highest BCUT2D eigenvalue weighted by molar-refractivity contribution is 6.40. The van der Waals surface area contributed by atoms with Crippen molar-refractivity contribution in [1.29, 1.82) is 0 Å². The van der Waals surface area contributed by atoms with Crippen LogP contribution in [0.15, 0.2) is 84.9 Å². The Morgan fingerprint density at radius 2 is 0.943 bits per heavy atom. The minimum Gasteiger partial charge on any atom is -0.486 e. The molecule has 6 amide bonds. The van der Waals surface area contributed by atoms with E-state index in [4.69, 9.17) is 9.47 Å². The molecule has 0 unspecified atom stereocenters. The molecule has 2 fully saturated rings. The van der Waals surface area contributed by atoms with Crippen molar-refractivity contribution in [3.63, 3.8) is 0 Å². The summed E-state index contributed by atoms with van der Waals surface area (Å²) < 4.78 is 11.5. The maximum absolute atomic E-state index is 14.6. The minimum atomic E-state index is -0.841. The molecular formula is C55H49N6O9. The molecule has 1 radical (unpaired) electrons. The van der Waals surface area contributed by atoms with Crippen LogP contribution in [0.3, 0.4) is 0 Å². The maximum Gasteiger partial charge on any atom is 0.265 e. The molecule has 0 aromatic heterocycles. The molecular weight excluding hydrogens is 889 g/mol. The molecule has 15 nitrogen and oxygen atoms in total. The number of benzene rings is 6. The fourth-order valence-corrected chi connectivity index (χ4v) is 12.1. The Morgan fingerprint density at radius 3 is 1.49 bits per heavy atom. The first-order valence-corrected chi connectivity index (χ1v) is 23.7. The zero-order valence-electron chi connectivity index (χ0n) is 39.7. The van der Waals surface area contributed by atoms with Crippen molar-refractivity contribution >= 4 is 79.7 Å². The summed E-state index contributed by atoms with van der Waals surface area (Å²) >= 11 is 0. The van der Waals surface area contributed by atoms with Crippen LogP contribution in [0.5, 0.6) is 11.5 Å². The van der Waals surface area contributed by atoms with Gasteiger partial charge in [-0.15, -0.1) is 10.3 Å². The molecule has 0 atom stereocenters. The number of hydroxylamine groups is 2. The van der Waals surface area contributed by atoms with Crippen molar-refractivity contribution < 1.29 is 43.4 Å². The quantitative estimate of drug-likeness (QED) is 0.153. The molecule has 6 aromatic carbocycles. The molecule has 15 heteroatoms. The standard InChI is InChI=1S/C55H49N6O9/c1-29-25-42(60-52(66)38-13-11-36-46-37(12-14-39(47(38)46)53(60)67)49(63)58(48(36)62)32-27-54(3,4)61(68)55(5,6)28-32)30(2)24-41(29)59-50(64)34-9-7-8-33-40(16-15-35(45(33)34)51(59)65)57-20-18-56(19-21-57)31-10-17-43-44(26-31)70-23-22-69-43/h7-17,24-26,32H,18-23,27-28H2,1-6H3. The average molecular weight is 938 g/mol. The van der Waals surface area contributed by atoms with Gasteiger partial charge in [-0.1, -0.05) is 12.1 Å². The van der Waals surface area contributed by atoms with E-state index in [1.54, 1.807) is 65.8 Å². The second kappa shape index (κ2) is 15.2. The lowest BCUT2D eigenvalue weighted by Gasteiger charge is -2.52. The summed E-state index contributed by atoms with van der Waals surface area (Å²) in [5, 5.41) is 16.1. The number of anilines is 4. The van der Waals surface area contributed by atoms with Gasteiger partial charge in [-0.3, -0.25) is 33.7 Å².